The maximum atomic E-state index is 7.57. The smallest absolute Gasteiger partial charge is 1.00 e. The van der Waals surface area contributed by atoms with Gasteiger partial charge in [-0.3, -0.25) is 0 Å². The fourth-order valence-electron chi connectivity index (χ4n) is 0. The molecule has 0 aliphatic carbocycles. The van der Waals surface area contributed by atoms with Gasteiger partial charge in [-0.05, 0) is 6.92 Å². The zero-order chi connectivity index (χ0) is 2.71. The minimum absolute atomic E-state index is 0. The van der Waals surface area contributed by atoms with Crippen LogP contribution >= 0.6 is 0 Å². The number of aliphatic hydroxyl groups excluding tert-OH is 1. The van der Waals surface area contributed by atoms with Crippen molar-refractivity contribution in [2.24, 2.45) is 0 Å². The Bertz CT molecular complexity index is 9.61. The standard InChI is InChI=1S/C2H6O.Li.H/c1-2-3;;/h3H,2H2,1H3;;/q;+1;-1. The second kappa shape index (κ2) is 9.59. The first-order valence-corrected chi connectivity index (χ1v) is 1.02. The molecule has 0 spiro atoms. The van der Waals surface area contributed by atoms with Crippen LogP contribution in [0.25, 0.3) is 0 Å². The molecule has 1 N–H and O–H groups in total. The molecule has 0 saturated carbocycles. The van der Waals surface area contributed by atoms with Gasteiger partial charge >= 0.3 is 18.9 Å². The topological polar surface area (TPSA) is 20.2 Å². The van der Waals surface area contributed by atoms with Crippen LogP contribution in [0.2, 0.25) is 0 Å². The normalized spacial score (nSPS) is 4.50. The van der Waals surface area contributed by atoms with Gasteiger partial charge in [-0.1, -0.05) is 0 Å². The summed E-state index contributed by atoms with van der Waals surface area (Å²) in [5.41, 5.74) is 0. The first-order chi connectivity index (χ1) is 1.41. The molecule has 0 bridgehead atoms. The molecule has 0 radical (unpaired) electrons. The molecule has 0 aromatic carbocycles. The predicted molar refractivity (Wildman–Crippen MR) is 13.9 cm³/mol. The number of rotatable bonds is 0. The van der Waals surface area contributed by atoms with Crippen molar-refractivity contribution in [1.29, 1.82) is 0 Å². The van der Waals surface area contributed by atoms with Gasteiger partial charge in [-0.2, -0.15) is 0 Å². The zero-order valence-electron chi connectivity index (χ0n) is 4.15. The minimum Gasteiger partial charge on any atom is -1.00 e. The third-order valence-electron chi connectivity index (χ3n) is 0. The minimum atomic E-state index is 0. The molecule has 1 nitrogen and oxygen atoms in total. The monoisotopic (exact) mass is 54.1 g/mol. The van der Waals surface area contributed by atoms with E-state index in [1.807, 2.05) is 0 Å². The molecule has 0 heterocycles. The van der Waals surface area contributed by atoms with Crippen LogP contribution in [0.3, 0.4) is 0 Å². The van der Waals surface area contributed by atoms with Crippen molar-refractivity contribution in [3.8, 4) is 0 Å². The van der Waals surface area contributed by atoms with Crippen molar-refractivity contribution < 1.29 is 25.4 Å². The third-order valence-corrected chi connectivity index (χ3v) is 0. The molecular formula is C2H7LiO. The van der Waals surface area contributed by atoms with Crippen molar-refractivity contribution in [3.63, 3.8) is 0 Å². The first kappa shape index (κ1) is 8.82. The van der Waals surface area contributed by atoms with E-state index >= 15 is 0 Å². The van der Waals surface area contributed by atoms with Crippen molar-refractivity contribution in [2.75, 3.05) is 6.61 Å². The van der Waals surface area contributed by atoms with Gasteiger partial charge in [0.2, 0.25) is 0 Å². The van der Waals surface area contributed by atoms with Crippen LogP contribution in [0.15, 0.2) is 0 Å². The summed E-state index contributed by atoms with van der Waals surface area (Å²) in [4.78, 5) is 0. The van der Waals surface area contributed by atoms with E-state index in [0.717, 1.165) is 0 Å². The summed E-state index contributed by atoms with van der Waals surface area (Å²) in [6.07, 6.45) is 0. The van der Waals surface area contributed by atoms with E-state index in [4.69, 9.17) is 5.11 Å². The van der Waals surface area contributed by atoms with Crippen LogP contribution in [-0.4, -0.2) is 11.7 Å². The van der Waals surface area contributed by atoms with Gasteiger partial charge in [0.05, 0.1) is 0 Å². The van der Waals surface area contributed by atoms with Crippen LogP contribution in [0.1, 0.15) is 8.35 Å². The maximum Gasteiger partial charge on any atom is 1.00 e. The molecule has 0 aromatic heterocycles. The van der Waals surface area contributed by atoms with Crippen LogP contribution < -0.4 is 18.9 Å². The van der Waals surface area contributed by atoms with E-state index in [0.29, 0.717) is 0 Å². The summed E-state index contributed by atoms with van der Waals surface area (Å²) in [5, 5.41) is 7.57. The summed E-state index contributed by atoms with van der Waals surface area (Å²) in [6, 6.07) is 0. The summed E-state index contributed by atoms with van der Waals surface area (Å²) in [6.45, 7) is 1.93. The van der Waals surface area contributed by atoms with E-state index in [1.54, 1.807) is 6.92 Å². The van der Waals surface area contributed by atoms with Crippen molar-refractivity contribution >= 4 is 0 Å². The van der Waals surface area contributed by atoms with Crippen LogP contribution in [0.4, 0.5) is 0 Å². The third kappa shape index (κ3) is 20.0. The number of hydrogen-bond acceptors (Lipinski definition) is 1. The van der Waals surface area contributed by atoms with E-state index in [-0.39, 0.29) is 26.9 Å². The van der Waals surface area contributed by atoms with Crippen molar-refractivity contribution in [1.82, 2.24) is 0 Å². The summed E-state index contributed by atoms with van der Waals surface area (Å²) in [5.74, 6) is 0. The molecule has 0 saturated heterocycles. The Morgan fingerprint density at radius 3 is 2.00 bits per heavy atom. The number of aliphatic hydroxyl groups is 1. The average Bonchev–Trinajstić information content (AvgIpc) is 0.918. The van der Waals surface area contributed by atoms with Gasteiger partial charge in [-0.15, -0.1) is 0 Å². The Kier molecular flexibility index (Phi) is 21.1. The predicted octanol–water partition coefficient (Wildman–Crippen LogP) is -2.88. The van der Waals surface area contributed by atoms with Gasteiger partial charge in [0.1, 0.15) is 0 Å². The fraction of sp³-hybridized carbons (Fsp3) is 1.00. The molecule has 0 fully saturated rings. The molecule has 0 atom stereocenters. The van der Waals surface area contributed by atoms with E-state index in [2.05, 4.69) is 0 Å². The molecule has 22 valence electrons. The summed E-state index contributed by atoms with van der Waals surface area (Å²) < 4.78 is 0. The summed E-state index contributed by atoms with van der Waals surface area (Å²) >= 11 is 0. The van der Waals surface area contributed by atoms with Gasteiger partial charge in [0.25, 0.3) is 0 Å². The maximum absolute atomic E-state index is 7.57. The molecule has 0 amide bonds. The Morgan fingerprint density at radius 2 is 2.00 bits per heavy atom. The van der Waals surface area contributed by atoms with Gasteiger partial charge in [0, 0.05) is 6.61 Å². The van der Waals surface area contributed by atoms with E-state index in [9.17, 15) is 0 Å². The van der Waals surface area contributed by atoms with Crippen LogP contribution in [0, 0.1) is 0 Å². The second-order valence-electron chi connectivity index (χ2n) is 0.316. The molecule has 4 heavy (non-hydrogen) atoms. The van der Waals surface area contributed by atoms with Crippen LogP contribution in [0.5, 0.6) is 0 Å². The van der Waals surface area contributed by atoms with E-state index in [1.165, 1.54) is 0 Å². The molecular weight excluding hydrogens is 47.0 g/mol. The quantitative estimate of drug-likeness (QED) is 0.294. The Morgan fingerprint density at radius 1 is 2.00 bits per heavy atom. The van der Waals surface area contributed by atoms with E-state index < -0.39 is 0 Å². The van der Waals surface area contributed by atoms with Crippen molar-refractivity contribution in [2.45, 2.75) is 6.92 Å². The first-order valence-electron chi connectivity index (χ1n) is 1.02. The van der Waals surface area contributed by atoms with Gasteiger partial charge in [0.15, 0.2) is 0 Å². The summed E-state index contributed by atoms with van der Waals surface area (Å²) in [7, 11) is 0. The Balaban J connectivity index is -0.0000000200. The Hall–Kier alpha value is 0.557. The zero-order valence-corrected chi connectivity index (χ0v) is 3.15. The second-order valence-corrected chi connectivity index (χ2v) is 0.316. The van der Waals surface area contributed by atoms with Crippen LogP contribution in [-0.2, 0) is 0 Å². The molecule has 0 aliphatic heterocycles. The molecule has 0 rings (SSSR count). The number of hydrogen-bond donors (Lipinski definition) is 1. The molecule has 2 heteroatoms. The van der Waals surface area contributed by atoms with Gasteiger partial charge < -0.3 is 6.53 Å². The molecule has 0 unspecified atom stereocenters. The molecule has 0 aromatic rings. The largest absolute Gasteiger partial charge is 1.00 e. The van der Waals surface area contributed by atoms with Gasteiger partial charge in [-0.25, -0.2) is 0 Å². The van der Waals surface area contributed by atoms with Crippen molar-refractivity contribution in [3.05, 3.63) is 0 Å². The Labute approximate surface area is 39.7 Å². The fourth-order valence-corrected chi connectivity index (χ4v) is 0. The average molecular weight is 54.0 g/mol. The SMILES string of the molecule is CCO.[H-].[Li+]. The molecule has 0 aliphatic rings.